The summed E-state index contributed by atoms with van der Waals surface area (Å²) in [5, 5.41) is 0. The van der Waals surface area contributed by atoms with Crippen LogP contribution in [0.1, 0.15) is 18.4 Å². The van der Waals surface area contributed by atoms with E-state index in [0.717, 1.165) is 22.9 Å². The Kier molecular flexibility index (Phi) is 4.42. The summed E-state index contributed by atoms with van der Waals surface area (Å²) in [5.41, 5.74) is 0.738. The van der Waals surface area contributed by atoms with Gasteiger partial charge in [-0.3, -0.25) is 0 Å². The van der Waals surface area contributed by atoms with Crippen LogP contribution in [0, 0.1) is 6.92 Å². The Morgan fingerprint density at radius 2 is 2.22 bits per heavy atom. The van der Waals surface area contributed by atoms with Crippen LogP contribution in [-0.2, 0) is 14.8 Å². The van der Waals surface area contributed by atoms with Gasteiger partial charge in [0, 0.05) is 17.1 Å². The Bertz CT molecular complexity index is 524. The summed E-state index contributed by atoms with van der Waals surface area (Å²) in [5.74, 6) is 0. The zero-order valence-electron chi connectivity index (χ0n) is 10.1. The SMILES string of the molecule is Cc1ccc(Br)cc1S(=O)(=O)NC1CCCOC1. The van der Waals surface area contributed by atoms with Crippen molar-refractivity contribution in [1.29, 1.82) is 0 Å². The van der Waals surface area contributed by atoms with Crippen LogP contribution in [0.2, 0.25) is 0 Å². The lowest BCUT2D eigenvalue weighted by atomic mass is 10.1. The predicted octanol–water partition coefficient (Wildman–Crippen LogP) is 2.21. The van der Waals surface area contributed by atoms with Gasteiger partial charge in [0.25, 0.3) is 0 Å². The largest absolute Gasteiger partial charge is 0.380 e. The van der Waals surface area contributed by atoms with Crippen LogP contribution in [0.5, 0.6) is 0 Å². The van der Waals surface area contributed by atoms with Crippen LogP contribution in [0.4, 0.5) is 0 Å². The normalized spacial score (nSPS) is 20.9. The number of halogens is 1. The summed E-state index contributed by atoms with van der Waals surface area (Å²) >= 11 is 3.30. The molecule has 0 spiro atoms. The average Bonchev–Trinajstić information content (AvgIpc) is 2.33. The summed E-state index contributed by atoms with van der Waals surface area (Å²) in [6.07, 6.45) is 1.72. The molecule has 1 unspecified atom stereocenters. The van der Waals surface area contributed by atoms with Crippen molar-refractivity contribution in [1.82, 2.24) is 4.72 Å². The average molecular weight is 334 g/mol. The third-order valence-corrected chi connectivity index (χ3v) is 5.08. The number of hydrogen-bond acceptors (Lipinski definition) is 3. The molecule has 6 heteroatoms. The molecule has 1 aliphatic heterocycles. The fourth-order valence-electron chi connectivity index (χ4n) is 1.98. The van der Waals surface area contributed by atoms with Crippen LogP contribution in [0.25, 0.3) is 0 Å². The van der Waals surface area contributed by atoms with Crippen LogP contribution >= 0.6 is 15.9 Å². The van der Waals surface area contributed by atoms with E-state index in [0.29, 0.717) is 18.1 Å². The first-order valence-corrected chi connectivity index (χ1v) is 8.13. The van der Waals surface area contributed by atoms with Gasteiger partial charge in [0.05, 0.1) is 11.5 Å². The van der Waals surface area contributed by atoms with Crippen molar-refractivity contribution in [3.05, 3.63) is 28.2 Å². The van der Waals surface area contributed by atoms with Gasteiger partial charge in [-0.2, -0.15) is 0 Å². The summed E-state index contributed by atoms with van der Waals surface area (Å²) in [6.45, 7) is 2.96. The van der Waals surface area contributed by atoms with Gasteiger partial charge < -0.3 is 4.74 Å². The van der Waals surface area contributed by atoms with E-state index in [1.807, 2.05) is 6.07 Å². The molecular weight excluding hydrogens is 318 g/mol. The summed E-state index contributed by atoms with van der Waals surface area (Å²) < 4.78 is 33.3. The molecule has 0 aliphatic carbocycles. The Balaban J connectivity index is 2.21. The summed E-state index contributed by atoms with van der Waals surface area (Å²) in [7, 11) is -3.47. The Labute approximate surface area is 116 Å². The minimum Gasteiger partial charge on any atom is -0.380 e. The standard InChI is InChI=1S/C12H16BrNO3S/c1-9-4-5-10(13)7-12(9)18(15,16)14-11-3-2-6-17-8-11/h4-5,7,11,14H,2-3,6,8H2,1H3. The number of nitrogens with one attached hydrogen (secondary N) is 1. The lowest BCUT2D eigenvalue weighted by molar-refractivity contribution is 0.0774. The molecule has 0 radical (unpaired) electrons. The molecule has 18 heavy (non-hydrogen) atoms. The summed E-state index contributed by atoms with van der Waals surface area (Å²) in [4.78, 5) is 0.322. The second kappa shape index (κ2) is 5.69. The van der Waals surface area contributed by atoms with E-state index in [2.05, 4.69) is 20.7 Å². The molecule has 1 fully saturated rings. The number of hydrogen-bond donors (Lipinski definition) is 1. The van der Waals surface area contributed by atoms with E-state index in [4.69, 9.17) is 4.74 Å². The second-order valence-electron chi connectivity index (χ2n) is 4.45. The molecule has 1 N–H and O–H groups in total. The molecule has 1 aliphatic rings. The molecule has 0 bridgehead atoms. The molecule has 1 aromatic carbocycles. The molecule has 2 rings (SSSR count). The lowest BCUT2D eigenvalue weighted by Crippen LogP contribution is -2.40. The highest BCUT2D eigenvalue weighted by Crippen LogP contribution is 2.21. The van der Waals surface area contributed by atoms with Gasteiger partial charge in [-0.15, -0.1) is 0 Å². The molecule has 0 amide bonds. The Morgan fingerprint density at radius 1 is 1.44 bits per heavy atom. The number of rotatable bonds is 3. The van der Waals surface area contributed by atoms with Gasteiger partial charge in [0.2, 0.25) is 10.0 Å². The summed E-state index contributed by atoms with van der Waals surface area (Å²) in [6, 6.07) is 5.12. The van der Waals surface area contributed by atoms with Gasteiger partial charge in [-0.25, -0.2) is 13.1 Å². The molecule has 1 heterocycles. The predicted molar refractivity (Wildman–Crippen MR) is 73.0 cm³/mol. The fourth-order valence-corrected chi connectivity index (χ4v) is 4.02. The van der Waals surface area contributed by atoms with Gasteiger partial charge in [-0.05, 0) is 37.5 Å². The smallest absolute Gasteiger partial charge is 0.241 e. The number of benzene rings is 1. The van der Waals surface area contributed by atoms with Crippen molar-refractivity contribution >= 4 is 26.0 Å². The highest BCUT2D eigenvalue weighted by atomic mass is 79.9. The van der Waals surface area contributed by atoms with Crippen LogP contribution in [0.3, 0.4) is 0 Å². The Morgan fingerprint density at radius 3 is 2.89 bits per heavy atom. The van der Waals surface area contributed by atoms with Crippen molar-refractivity contribution in [3.8, 4) is 0 Å². The van der Waals surface area contributed by atoms with Gasteiger partial charge in [0.1, 0.15) is 0 Å². The molecule has 1 saturated heterocycles. The molecule has 4 nitrogen and oxygen atoms in total. The van der Waals surface area contributed by atoms with Crippen molar-refractivity contribution in [3.63, 3.8) is 0 Å². The quantitative estimate of drug-likeness (QED) is 0.922. The zero-order valence-corrected chi connectivity index (χ0v) is 12.6. The number of ether oxygens (including phenoxy) is 1. The number of aryl methyl sites for hydroxylation is 1. The first-order valence-electron chi connectivity index (χ1n) is 5.85. The maximum atomic E-state index is 12.3. The van der Waals surface area contributed by atoms with Gasteiger partial charge >= 0.3 is 0 Å². The van der Waals surface area contributed by atoms with E-state index in [9.17, 15) is 8.42 Å². The monoisotopic (exact) mass is 333 g/mol. The minimum atomic E-state index is -3.47. The van der Waals surface area contributed by atoms with Crippen molar-refractivity contribution in [2.24, 2.45) is 0 Å². The van der Waals surface area contributed by atoms with E-state index in [-0.39, 0.29) is 6.04 Å². The maximum absolute atomic E-state index is 12.3. The highest BCUT2D eigenvalue weighted by Gasteiger charge is 2.23. The van der Waals surface area contributed by atoms with Crippen molar-refractivity contribution in [2.45, 2.75) is 30.7 Å². The maximum Gasteiger partial charge on any atom is 0.241 e. The van der Waals surface area contributed by atoms with E-state index in [1.165, 1.54) is 0 Å². The molecule has 1 aromatic rings. The molecule has 0 aromatic heterocycles. The highest BCUT2D eigenvalue weighted by molar-refractivity contribution is 9.10. The third-order valence-electron chi connectivity index (χ3n) is 2.92. The zero-order chi connectivity index (χ0) is 13.2. The van der Waals surface area contributed by atoms with Crippen molar-refractivity contribution in [2.75, 3.05) is 13.2 Å². The fraction of sp³-hybridized carbons (Fsp3) is 0.500. The third kappa shape index (κ3) is 3.32. The van der Waals surface area contributed by atoms with Crippen LogP contribution in [-0.4, -0.2) is 27.7 Å². The molecule has 100 valence electrons. The van der Waals surface area contributed by atoms with Gasteiger partial charge in [-0.1, -0.05) is 22.0 Å². The molecule has 1 atom stereocenters. The topological polar surface area (TPSA) is 55.4 Å². The minimum absolute atomic E-state index is 0.123. The second-order valence-corrected chi connectivity index (χ2v) is 7.04. The first kappa shape index (κ1) is 14.0. The van der Waals surface area contributed by atoms with Crippen LogP contribution in [0.15, 0.2) is 27.6 Å². The van der Waals surface area contributed by atoms with E-state index < -0.39 is 10.0 Å². The number of sulfonamides is 1. The first-order chi connectivity index (χ1) is 8.49. The van der Waals surface area contributed by atoms with Gasteiger partial charge in [0.15, 0.2) is 0 Å². The molecule has 0 saturated carbocycles. The van der Waals surface area contributed by atoms with E-state index in [1.54, 1.807) is 19.1 Å². The molecular formula is C12H16BrNO3S. The lowest BCUT2D eigenvalue weighted by Gasteiger charge is -2.23. The van der Waals surface area contributed by atoms with Crippen LogP contribution < -0.4 is 4.72 Å². The van der Waals surface area contributed by atoms with E-state index >= 15 is 0 Å². The van der Waals surface area contributed by atoms with Crippen molar-refractivity contribution < 1.29 is 13.2 Å². The Hall–Kier alpha value is -0.430.